The summed E-state index contributed by atoms with van der Waals surface area (Å²) in [5.74, 6) is 1.67. The van der Waals surface area contributed by atoms with Crippen LogP contribution in [0.5, 0.6) is 5.75 Å². The van der Waals surface area contributed by atoms with Crippen LogP contribution in [0.15, 0.2) is 42.5 Å². The van der Waals surface area contributed by atoms with Crippen LogP contribution in [0.2, 0.25) is 0 Å². The van der Waals surface area contributed by atoms with Crippen molar-refractivity contribution in [2.45, 2.75) is 39.0 Å². The molecule has 4 heteroatoms. The minimum Gasteiger partial charge on any atom is -0.493 e. The van der Waals surface area contributed by atoms with Crippen LogP contribution in [-0.2, 0) is 12.8 Å². The van der Waals surface area contributed by atoms with Gasteiger partial charge in [0.25, 0.3) is 0 Å². The van der Waals surface area contributed by atoms with Crippen molar-refractivity contribution in [3.05, 3.63) is 64.2 Å². The quantitative estimate of drug-likeness (QED) is 0.526. The molecule has 0 fully saturated rings. The van der Waals surface area contributed by atoms with Crippen LogP contribution >= 0.6 is 11.3 Å². The molecule has 3 aromatic rings. The first-order chi connectivity index (χ1) is 13.5. The van der Waals surface area contributed by atoms with Crippen LogP contribution in [-0.4, -0.2) is 25.7 Å². The Morgan fingerprint density at radius 1 is 1.14 bits per heavy atom. The molecule has 0 spiro atoms. The van der Waals surface area contributed by atoms with Gasteiger partial charge >= 0.3 is 0 Å². The van der Waals surface area contributed by atoms with Crippen LogP contribution in [0.25, 0.3) is 10.6 Å². The van der Waals surface area contributed by atoms with Gasteiger partial charge in [-0.1, -0.05) is 13.0 Å². The van der Waals surface area contributed by atoms with E-state index in [-0.39, 0.29) is 0 Å². The van der Waals surface area contributed by atoms with Gasteiger partial charge in [-0.15, -0.1) is 11.3 Å². The Morgan fingerprint density at radius 3 is 2.68 bits per heavy atom. The molecule has 0 saturated carbocycles. The Kier molecular flexibility index (Phi) is 5.40. The molecule has 0 bridgehead atoms. The molecule has 146 valence electrons. The molecule has 1 atom stereocenters. The number of hydrogen-bond acceptors (Lipinski definition) is 4. The van der Waals surface area contributed by atoms with E-state index in [0.717, 1.165) is 22.9 Å². The lowest BCUT2D eigenvalue weighted by Gasteiger charge is -2.12. The first kappa shape index (κ1) is 19.0. The number of anilines is 1. The van der Waals surface area contributed by atoms with Gasteiger partial charge in [-0.05, 0) is 73.2 Å². The molecule has 2 aromatic carbocycles. The predicted octanol–water partition coefficient (Wildman–Crippen LogP) is 5.86. The Bertz CT molecular complexity index is 959. The van der Waals surface area contributed by atoms with Gasteiger partial charge in [-0.25, -0.2) is 4.98 Å². The number of aryl methyl sites for hydroxylation is 2. The second kappa shape index (κ2) is 7.96. The van der Waals surface area contributed by atoms with E-state index >= 15 is 0 Å². The van der Waals surface area contributed by atoms with Gasteiger partial charge in [0.2, 0.25) is 0 Å². The molecule has 1 heterocycles. The topological polar surface area (TPSA) is 25.4 Å². The fourth-order valence-corrected chi connectivity index (χ4v) is 4.81. The highest BCUT2D eigenvalue weighted by atomic mass is 32.1. The van der Waals surface area contributed by atoms with Gasteiger partial charge in [0.1, 0.15) is 10.8 Å². The number of benzene rings is 2. The number of aromatic nitrogens is 1. The van der Waals surface area contributed by atoms with Gasteiger partial charge in [0.15, 0.2) is 0 Å². The van der Waals surface area contributed by atoms with Crippen molar-refractivity contribution in [1.29, 1.82) is 0 Å². The monoisotopic (exact) mass is 392 g/mol. The van der Waals surface area contributed by atoms with Crippen molar-refractivity contribution in [3.63, 3.8) is 0 Å². The zero-order valence-corrected chi connectivity index (χ0v) is 18.0. The van der Waals surface area contributed by atoms with Gasteiger partial charge in [-0.2, -0.15) is 0 Å². The Labute approximate surface area is 172 Å². The maximum absolute atomic E-state index is 6.04. The lowest BCUT2D eigenvalue weighted by atomic mass is 10.0. The van der Waals surface area contributed by atoms with E-state index < -0.39 is 0 Å². The van der Waals surface area contributed by atoms with Gasteiger partial charge in [-0.3, -0.25) is 0 Å². The van der Waals surface area contributed by atoms with Crippen molar-refractivity contribution in [2.24, 2.45) is 0 Å². The average molecular weight is 393 g/mol. The number of nitrogens with zero attached hydrogens (tertiary/aromatic N) is 2. The van der Waals surface area contributed by atoms with Crippen molar-refractivity contribution in [2.75, 3.05) is 25.6 Å². The van der Waals surface area contributed by atoms with Crippen LogP contribution in [0.4, 0.5) is 5.69 Å². The molecular weight excluding hydrogens is 364 g/mol. The van der Waals surface area contributed by atoms with Crippen LogP contribution in [0.1, 0.15) is 41.0 Å². The summed E-state index contributed by atoms with van der Waals surface area (Å²) >= 11 is 1.76. The van der Waals surface area contributed by atoms with E-state index in [1.165, 1.54) is 40.1 Å². The van der Waals surface area contributed by atoms with Crippen molar-refractivity contribution in [3.8, 4) is 16.3 Å². The second-order valence-corrected chi connectivity index (χ2v) is 9.07. The molecule has 4 rings (SSSR count). The Balaban J connectivity index is 1.39. The fraction of sp³-hybridized carbons (Fsp3) is 0.375. The van der Waals surface area contributed by atoms with E-state index in [2.05, 4.69) is 75.3 Å². The van der Waals surface area contributed by atoms with E-state index in [1.54, 1.807) is 11.3 Å². The zero-order chi connectivity index (χ0) is 19.7. The van der Waals surface area contributed by atoms with E-state index in [1.807, 2.05) is 0 Å². The third-order valence-electron chi connectivity index (χ3n) is 5.62. The molecule has 1 unspecified atom stereocenters. The minimum absolute atomic E-state index is 0.665. The summed E-state index contributed by atoms with van der Waals surface area (Å²) < 4.78 is 6.04. The molecule has 1 aliphatic carbocycles. The summed E-state index contributed by atoms with van der Waals surface area (Å²) in [4.78, 5) is 8.26. The first-order valence-corrected chi connectivity index (χ1v) is 10.8. The summed E-state index contributed by atoms with van der Waals surface area (Å²) in [5, 5.41) is 1.09. The number of rotatable bonds is 6. The molecule has 0 N–H and O–H groups in total. The normalized spacial score (nSPS) is 15.5. The summed E-state index contributed by atoms with van der Waals surface area (Å²) in [6.45, 7) is 5.13. The molecular formula is C24H28N2OS. The summed E-state index contributed by atoms with van der Waals surface area (Å²) in [5.41, 5.74) is 6.48. The summed E-state index contributed by atoms with van der Waals surface area (Å²) in [6, 6.07) is 15.2. The van der Waals surface area contributed by atoms with Crippen LogP contribution in [0, 0.1) is 6.92 Å². The molecule has 0 saturated heterocycles. The molecule has 3 nitrogen and oxygen atoms in total. The van der Waals surface area contributed by atoms with Gasteiger partial charge < -0.3 is 9.64 Å². The molecule has 0 amide bonds. The largest absolute Gasteiger partial charge is 0.493 e. The number of thiazole rings is 1. The molecule has 1 aromatic heterocycles. The average Bonchev–Trinajstić information content (AvgIpc) is 3.25. The fourth-order valence-electron chi connectivity index (χ4n) is 3.85. The van der Waals surface area contributed by atoms with E-state index in [9.17, 15) is 0 Å². The van der Waals surface area contributed by atoms with Gasteiger partial charge in [0.05, 0.1) is 12.3 Å². The van der Waals surface area contributed by atoms with Crippen molar-refractivity contribution < 1.29 is 4.74 Å². The molecule has 1 aliphatic rings. The van der Waals surface area contributed by atoms with E-state index in [0.29, 0.717) is 12.5 Å². The smallest absolute Gasteiger partial charge is 0.123 e. The zero-order valence-electron chi connectivity index (χ0n) is 17.2. The number of fused-ring (bicyclic) bond motifs is 1. The SMILES string of the molecule is Cc1sc(-c2ccc(N(C)C)cc2)nc1CCOc1ccc2c(c1)CCC2C. The van der Waals surface area contributed by atoms with E-state index in [4.69, 9.17) is 9.72 Å². The first-order valence-electron chi connectivity index (χ1n) is 10.0. The maximum Gasteiger partial charge on any atom is 0.123 e. The number of ether oxygens (including phenoxy) is 1. The van der Waals surface area contributed by atoms with Crippen molar-refractivity contribution in [1.82, 2.24) is 4.98 Å². The van der Waals surface area contributed by atoms with Crippen molar-refractivity contribution >= 4 is 17.0 Å². The third-order valence-corrected chi connectivity index (χ3v) is 6.69. The Hall–Kier alpha value is -2.33. The lowest BCUT2D eigenvalue weighted by Crippen LogP contribution is -2.07. The second-order valence-electron chi connectivity index (χ2n) is 7.86. The van der Waals surface area contributed by atoms with Crippen LogP contribution in [0.3, 0.4) is 0 Å². The summed E-state index contributed by atoms with van der Waals surface area (Å²) in [6.07, 6.45) is 3.27. The molecule has 0 aliphatic heterocycles. The predicted molar refractivity (Wildman–Crippen MR) is 119 cm³/mol. The molecule has 0 radical (unpaired) electrons. The highest BCUT2D eigenvalue weighted by molar-refractivity contribution is 7.15. The molecule has 28 heavy (non-hydrogen) atoms. The highest BCUT2D eigenvalue weighted by Gasteiger charge is 2.18. The Morgan fingerprint density at radius 2 is 1.93 bits per heavy atom. The van der Waals surface area contributed by atoms with Crippen LogP contribution < -0.4 is 9.64 Å². The standard InChI is InChI=1S/C24H28N2OS/c1-16-5-6-19-15-21(11-12-22(16)19)27-14-13-23-17(2)28-24(25-23)18-7-9-20(10-8-18)26(3)4/h7-12,15-16H,5-6,13-14H2,1-4H3. The highest BCUT2D eigenvalue weighted by Crippen LogP contribution is 2.35. The number of hydrogen-bond donors (Lipinski definition) is 0. The van der Waals surface area contributed by atoms with Gasteiger partial charge in [0, 0.05) is 36.6 Å². The minimum atomic E-state index is 0.665. The summed E-state index contributed by atoms with van der Waals surface area (Å²) in [7, 11) is 4.12. The third kappa shape index (κ3) is 3.93. The maximum atomic E-state index is 6.04. The lowest BCUT2D eigenvalue weighted by molar-refractivity contribution is 0.320.